The van der Waals surface area contributed by atoms with Gasteiger partial charge >= 0.3 is 0 Å². The van der Waals surface area contributed by atoms with Crippen LogP contribution in [-0.4, -0.2) is 46.1 Å². The summed E-state index contributed by atoms with van der Waals surface area (Å²) in [6, 6.07) is 17.2. The number of nitrogens with zero attached hydrogens (tertiary/aromatic N) is 2. The van der Waals surface area contributed by atoms with Crippen molar-refractivity contribution in [3.8, 4) is 5.69 Å². The highest BCUT2D eigenvalue weighted by atomic mass is 16.2. The molecule has 9 heteroatoms. The number of nitrogens with two attached hydrogens (primary N) is 1. The van der Waals surface area contributed by atoms with Crippen LogP contribution < -0.4 is 21.7 Å². The molecular weight excluding hydrogens is 478 g/mol. The fourth-order valence-electron chi connectivity index (χ4n) is 4.98. The summed E-state index contributed by atoms with van der Waals surface area (Å²) >= 11 is 0. The number of piperidine rings is 1. The highest BCUT2D eigenvalue weighted by Gasteiger charge is 2.26. The Morgan fingerprint density at radius 1 is 1.16 bits per heavy atom. The van der Waals surface area contributed by atoms with Crippen molar-refractivity contribution in [2.24, 2.45) is 5.73 Å². The molecule has 2 aromatic carbocycles. The van der Waals surface area contributed by atoms with Crippen molar-refractivity contribution in [1.82, 2.24) is 25.7 Å². The van der Waals surface area contributed by atoms with E-state index in [0.717, 1.165) is 42.0 Å². The van der Waals surface area contributed by atoms with Crippen LogP contribution in [0.15, 0.2) is 54.6 Å². The van der Waals surface area contributed by atoms with Crippen molar-refractivity contribution in [2.75, 3.05) is 6.54 Å². The van der Waals surface area contributed by atoms with Crippen LogP contribution in [0.1, 0.15) is 60.2 Å². The molecule has 0 saturated carbocycles. The molecule has 1 aliphatic heterocycles. The molecule has 200 valence electrons. The van der Waals surface area contributed by atoms with Crippen molar-refractivity contribution in [2.45, 2.75) is 64.6 Å². The molecule has 1 saturated heterocycles. The second kappa shape index (κ2) is 12.0. The zero-order valence-electron chi connectivity index (χ0n) is 22.3. The molecule has 2 heterocycles. The van der Waals surface area contributed by atoms with Gasteiger partial charge in [-0.15, -0.1) is 0 Å². The average Bonchev–Trinajstić information content (AvgIpc) is 3.25. The van der Waals surface area contributed by atoms with Gasteiger partial charge in [0.15, 0.2) is 0 Å². The Morgan fingerprint density at radius 3 is 2.50 bits per heavy atom. The minimum Gasteiger partial charge on any atom is -0.384 e. The lowest BCUT2D eigenvalue weighted by atomic mass is 9.85. The molecule has 0 spiro atoms. The van der Waals surface area contributed by atoms with Crippen LogP contribution >= 0.6 is 0 Å². The monoisotopic (exact) mass is 515 g/mol. The van der Waals surface area contributed by atoms with E-state index in [2.05, 4.69) is 58.3 Å². The summed E-state index contributed by atoms with van der Waals surface area (Å²) in [5.74, 6) is -0.00883. The van der Waals surface area contributed by atoms with Crippen LogP contribution in [0.5, 0.6) is 0 Å². The molecule has 9 nitrogen and oxygen atoms in total. The molecule has 2 amide bonds. The van der Waals surface area contributed by atoms with Gasteiger partial charge < -0.3 is 21.7 Å². The lowest BCUT2D eigenvalue weighted by Gasteiger charge is -2.30. The smallest absolute Gasteiger partial charge is 0.242 e. The first-order valence-electron chi connectivity index (χ1n) is 13.1. The Kier molecular flexibility index (Phi) is 8.58. The number of nitrogen functional groups attached to an aromatic ring is 1. The number of carbonyl (C=O) groups is 2. The second-order valence-electron chi connectivity index (χ2n) is 10.1. The second-order valence-corrected chi connectivity index (χ2v) is 10.1. The Bertz CT molecular complexity index is 1280. The molecule has 0 aliphatic carbocycles. The van der Waals surface area contributed by atoms with E-state index in [0.29, 0.717) is 24.4 Å². The van der Waals surface area contributed by atoms with Gasteiger partial charge in [0.2, 0.25) is 11.8 Å². The van der Waals surface area contributed by atoms with E-state index in [1.54, 1.807) is 19.1 Å². The quantitative estimate of drug-likeness (QED) is 0.220. The molecule has 0 bridgehead atoms. The molecule has 3 atom stereocenters. The summed E-state index contributed by atoms with van der Waals surface area (Å²) in [6.45, 7) is 6.92. The summed E-state index contributed by atoms with van der Waals surface area (Å²) in [5.41, 5.74) is 11.4. The maximum atomic E-state index is 12.7. The molecule has 38 heavy (non-hydrogen) atoms. The topological polar surface area (TPSA) is 138 Å². The fraction of sp³-hybridized carbons (Fsp3) is 0.379. The molecule has 1 aromatic heterocycles. The van der Waals surface area contributed by atoms with Gasteiger partial charge in [0.05, 0.1) is 11.4 Å². The first-order chi connectivity index (χ1) is 18.2. The van der Waals surface area contributed by atoms with Gasteiger partial charge in [-0.1, -0.05) is 36.4 Å². The molecule has 0 unspecified atom stereocenters. The number of rotatable bonds is 9. The number of nitrogens with one attached hydrogen (secondary N) is 4. The van der Waals surface area contributed by atoms with Crippen molar-refractivity contribution in [3.05, 3.63) is 82.7 Å². The number of amidine groups is 1. The Hall–Kier alpha value is -3.98. The van der Waals surface area contributed by atoms with E-state index in [1.165, 1.54) is 5.56 Å². The van der Waals surface area contributed by atoms with Gasteiger partial charge in [0, 0.05) is 30.3 Å². The van der Waals surface area contributed by atoms with E-state index >= 15 is 0 Å². The Morgan fingerprint density at radius 2 is 1.87 bits per heavy atom. The predicted molar refractivity (Wildman–Crippen MR) is 148 cm³/mol. The first-order valence-corrected chi connectivity index (χ1v) is 13.1. The number of benzene rings is 2. The lowest BCUT2D eigenvalue weighted by Crippen LogP contribution is -2.47. The molecule has 4 rings (SSSR count). The molecule has 3 aromatic rings. The van der Waals surface area contributed by atoms with E-state index < -0.39 is 6.04 Å². The molecule has 1 fully saturated rings. The fourth-order valence-corrected chi connectivity index (χ4v) is 4.98. The Balaban J connectivity index is 1.24. The summed E-state index contributed by atoms with van der Waals surface area (Å²) in [4.78, 5) is 25.2. The molecular formula is C29H37N7O2. The normalized spacial score (nSPS) is 18.0. The van der Waals surface area contributed by atoms with Crippen LogP contribution in [0.2, 0.25) is 0 Å². The third-order valence-corrected chi connectivity index (χ3v) is 7.05. The van der Waals surface area contributed by atoms with Crippen molar-refractivity contribution in [3.63, 3.8) is 0 Å². The van der Waals surface area contributed by atoms with Gasteiger partial charge in [0.1, 0.15) is 11.9 Å². The minimum absolute atomic E-state index is 0.00382. The van der Waals surface area contributed by atoms with Crippen LogP contribution in [-0.2, 0) is 16.1 Å². The zero-order valence-corrected chi connectivity index (χ0v) is 22.3. The maximum Gasteiger partial charge on any atom is 0.242 e. The van der Waals surface area contributed by atoms with Gasteiger partial charge in [-0.05, 0) is 75.4 Å². The Labute approximate surface area is 223 Å². The molecule has 1 aliphatic rings. The van der Waals surface area contributed by atoms with Gasteiger partial charge in [-0.3, -0.25) is 15.0 Å². The van der Waals surface area contributed by atoms with Gasteiger partial charge in [-0.25, -0.2) is 4.68 Å². The molecule has 0 radical (unpaired) electrons. The average molecular weight is 516 g/mol. The number of aromatic nitrogens is 2. The predicted octanol–water partition coefficient (Wildman–Crippen LogP) is 2.82. The summed E-state index contributed by atoms with van der Waals surface area (Å²) in [7, 11) is 0. The third-order valence-electron chi connectivity index (χ3n) is 7.05. The van der Waals surface area contributed by atoms with Crippen LogP contribution in [0, 0.1) is 19.3 Å². The third kappa shape index (κ3) is 6.86. The van der Waals surface area contributed by atoms with E-state index in [9.17, 15) is 9.59 Å². The lowest BCUT2D eigenvalue weighted by molar-refractivity contribution is -0.129. The van der Waals surface area contributed by atoms with Crippen molar-refractivity contribution < 1.29 is 9.59 Å². The highest BCUT2D eigenvalue weighted by Crippen LogP contribution is 2.29. The van der Waals surface area contributed by atoms with E-state index in [4.69, 9.17) is 11.1 Å². The first kappa shape index (κ1) is 27.1. The SMILES string of the molecule is Cc1cc(C)n(-c2ccc([C@H]3CCN[C@@H](CC(=O)N[C@@H](C)C(=O)NCc4ccc(C(=N)N)cc4)C3)cc2)n1. The van der Waals surface area contributed by atoms with Crippen LogP contribution in [0.3, 0.4) is 0 Å². The number of amides is 2. The summed E-state index contributed by atoms with van der Waals surface area (Å²) in [5, 5.41) is 21.1. The van der Waals surface area contributed by atoms with Crippen molar-refractivity contribution in [1.29, 1.82) is 5.41 Å². The number of hydrogen-bond donors (Lipinski definition) is 5. The highest BCUT2D eigenvalue weighted by molar-refractivity contribution is 5.94. The van der Waals surface area contributed by atoms with E-state index in [-0.39, 0.29) is 23.7 Å². The van der Waals surface area contributed by atoms with Crippen LogP contribution in [0.25, 0.3) is 5.69 Å². The zero-order chi connectivity index (χ0) is 27.2. The summed E-state index contributed by atoms with van der Waals surface area (Å²) < 4.78 is 1.95. The molecule has 6 N–H and O–H groups in total. The maximum absolute atomic E-state index is 12.7. The number of hydrogen-bond acceptors (Lipinski definition) is 5. The van der Waals surface area contributed by atoms with E-state index in [1.807, 2.05) is 23.7 Å². The number of carbonyl (C=O) groups excluding carboxylic acids is 2. The van der Waals surface area contributed by atoms with Crippen molar-refractivity contribution >= 4 is 17.6 Å². The largest absolute Gasteiger partial charge is 0.384 e. The standard InChI is InChI=1S/C29H37N7O2/c1-18-14-19(2)36(35-18)26-10-8-22(9-11-26)24-12-13-32-25(15-24)16-27(37)34-20(3)29(38)33-17-21-4-6-23(7-5-21)28(30)31/h4-11,14,20,24-25,32H,12-13,15-17H2,1-3H3,(H3,30,31)(H,33,38)(H,34,37)/t20-,24-,25+/m0/s1. The minimum atomic E-state index is -0.639. The number of aryl methyl sites for hydroxylation is 2. The summed E-state index contributed by atoms with van der Waals surface area (Å²) in [6.07, 6.45) is 2.21. The van der Waals surface area contributed by atoms with Crippen LogP contribution in [0.4, 0.5) is 0 Å². The van der Waals surface area contributed by atoms with Gasteiger partial charge in [-0.2, -0.15) is 5.10 Å². The van der Waals surface area contributed by atoms with Gasteiger partial charge in [0.25, 0.3) is 0 Å².